The van der Waals surface area contributed by atoms with Gasteiger partial charge in [-0.15, -0.1) is 12.3 Å². The van der Waals surface area contributed by atoms with Crippen LogP contribution in [-0.2, 0) is 0 Å². The molecular weight excluding hydrogens is 96.1 g/mol. The van der Waals surface area contributed by atoms with Crippen molar-refractivity contribution in [2.45, 2.75) is 27.2 Å². The standard InChI is InChI=1S/C8H14/c1-5-8(4)6-7(2)3/h1,7-8H,6H2,2-4H3/i8D. The van der Waals surface area contributed by atoms with Crippen LogP contribution in [0, 0.1) is 24.2 Å². The van der Waals surface area contributed by atoms with Crippen LogP contribution in [0.5, 0.6) is 0 Å². The van der Waals surface area contributed by atoms with E-state index in [1.165, 1.54) is 0 Å². The molecule has 0 nitrogen and oxygen atoms in total. The van der Waals surface area contributed by atoms with Crippen LogP contribution in [0.1, 0.15) is 28.6 Å². The Morgan fingerprint density at radius 1 is 1.62 bits per heavy atom. The van der Waals surface area contributed by atoms with Crippen LogP contribution in [0.25, 0.3) is 0 Å². The summed E-state index contributed by atoms with van der Waals surface area (Å²) < 4.78 is 7.47. The van der Waals surface area contributed by atoms with E-state index in [2.05, 4.69) is 19.8 Å². The molecule has 46 valence electrons. The highest BCUT2D eigenvalue weighted by atomic mass is 14.0. The molecule has 0 N–H and O–H groups in total. The van der Waals surface area contributed by atoms with Gasteiger partial charge in [0.1, 0.15) is 0 Å². The van der Waals surface area contributed by atoms with Crippen molar-refractivity contribution >= 4 is 0 Å². The van der Waals surface area contributed by atoms with Crippen molar-refractivity contribution in [3.63, 3.8) is 0 Å². The summed E-state index contributed by atoms with van der Waals surface area (Å²) in [7, 11) is 0. The van der Waals surface area contributed by atoms with Crippen LogP contribution in [0.4, 0.5) is 0 Å². The lowest BCUT2D eigenvalue weighted by molar-refractivity contribution is 0.514. The van der Waals surface area contributed by atoms with E-state index in [1.807, 2.05) is 0 Å². The van der Waals surface area contributed by atoms with Gasteiger partial charge in [0.15, 0.2) is 0 Å². The molecule has 0 amide bonds. The predicted octanol–water partition coefficient (Wildman–Crippen LogP) is 2.30. The zero-order chi connectivity index (χ0) is 7.49. The molecule has 0 bridgehead atoms. The maximum atomic E-state index is 7.47. The summed E-state index contributed by atoms with van der Waals surface area (Å²) in [6.07, 6.45) is 5.90. The Balaban J connectivity index is 3.76. The zero-order valence-corrected chi connectivity index (χ0v) is 5.86. The van der Waals surface area contributed by atoms with E-state index in [9.17, 15) is 0 Å². The van der Waals surface area contributed by atoms with Crippen molar-refractivity contribution in [3.8, 4) is 12.3 Å². The Morgan fingerprint density at radius 2 is 2.12 bits per heavy atom. The lowest BCUT2D eigenvalue weighted by Gasteiger charge is -2.05. The van der Waals surface area contributed by atoms with Gasteiger partial charge in [-0.1, -0.05) is 20.8 Å². The molecule has 0 aliphatic heterocycles. The molecule has 0 aliphatic rings. The first kappa shape index (κ1) is 5.69. The minimum atomic E-state index is -0.659. The molecular formula is C8H14. The summed E-state index contributed by atoms with van der Waals surface area (Å²) in [4.78, 5) is 0. The normalized spacial score (nSPS) is 19.1. The lowest BCUT2D eigenvalue weighted by atomic mass is 10.0. The molecule has 0 heteroatoms. The van der Waals surface area contributed by atoms with Gasteiger partial charge in [-0.05, 0) is 12.3 Å². The summed E-state index contributed by atoms with van der Waals surface area (Å²) >= 11 is 0. The Morgan fingerprint density at radius 3 is 2.25 bits per heavy atom. The average Bonchev–Trinajstić information content (AvgIpc) is 1.63. The van der Waals surface area contributed by atoms with Crippen LogP contribution in [-0.4, -0.2) is 0 Å². The molecule has 0 rings (SSSR count). The maximum Gasteiger partial charge on any atom is 0.0436 e. The van der Waals surface area contributed by atoms with E-state index in [4.69, 9.17) is 7.79 Å². The molecule has 0 fully saturated rings. The van der Waals surface area contributed by atoms with E-state index < -0.39 is 5.89 Å². The molecule has 0 aromatic carbocycles. The Kier molecular flexibility index (Phi) is 2.52. The van der Waals surface area contributed by atoms with Gasteiger partial charge in [-0.25, -0.2) is 0 Å². The third-order valence-electron chi connectivity index (χ3n) is 0.961. The fourth-order valence-electron chi connectivity index (χ4n) is 0.671. The molecule has 0 spiro atoms. The number of rotatable bonds is 2. The fourth-order valence-corrected chi connectivity index (χ4v) is 0.671. The third kappa shape index (κ3) is 3.74. The Bertz CT molecular complexity index is 117. The average molecular weight is 111 g/mol. The molecule has 1 unspecified atom stereocenters. The first-order chi connectivity index (χ1) is 3.98. The first-order valence-corrected chi connectivity index (χ1v) is 2.96. The Hall–Kier alpha value is -0.440. The molecule has 0 heterocycles. The lowest BCUT2D eigenvalue weighted by Crippen LogP contribution is -1.95. The van der Waals surface area contributed by atoms with Crippen molar-refractivity contribution in [1.29, 1.82) is 0 Å². The minimum Gasteiger partial charge on any atom is -0.120 e. The molecule has 0 saturated carbocycles. The molecule has 0 aromatic heterocycles. The summed E-state index contributed by atoms with van der Waals surface area (Å²) in [6, 6.07) is 0. The molecule has 0 aliphatic carbocycles. The third-order valence-corrected chi connectivity index (χ3v) is 0.961. The van der Waals surface area contributed by atoms with E-state index in [1.54, 1.807) is 6.92 Å². The van der Waals surface area contributed by atoms with E-state index in [-0.39, 0.29) is 0 Å². The van der Waals surface area contributed by atoms with E-state index >= 15 is 0 Å². The molecule has 8 heavy (non-hydrogen) atoms. The van der Waals surface area contributed by atoms with Crippen LogP contribution in [0.2, 0.25) is 0 Å². The topological polar surface area (TPSA) is 0 Å². The van der Waals surface area contributed by atoms with Crippen molar-refractivity contribution in [2.75, 3.05) is 0 Å². The molecule has 0 aromatic rings. The highest BCUT2D eigenvalue weighted by Crippen LogP contribution is 2.08. The number of hydrogen-bond donors (Lipinski definition) is 0. The van der Waals surface area contributed by atoms with E-state index in [0.29, 0.717) is 5.92 Å². The quantitative estimate of drug-likeness (QED) is 0.480. The second-order valence-corrected chi connectivity index (χ2v) is 2.52. The zero-order valence-electron chi connectivity index (χ0n) is 6.86. The van der Waals surface area contributed by atoms with E-state index in [0.717, 1.165) is 6.42 Å². The first-order valence-electron chi connectivity index (χ1n) is 3.46. The van der Waals surface area contributed by atoms with Gasteiger partial charge in [-0.3, -0.25) is 0 Å². The van der Waals surface area contributed by atoms with Crippen LogP contribution >= 0.6 is 0 Å². The largest absolute Gasteiger partial charge is 0.120 e. The second-order valence-electron chi connectivity index (χ2n) is 2.52. The highest BCUT2D eigenvalue weighted by Gasteiger charge is 1.98. The second kappa shape index (κ2) is 3.55. The van der Waals surface area contributed by atoms with Crippen LogP contribution in [0.3, 0.4) is 0 Å². The van der Waals surface area contributed by atoms with Gasteiger partial charge in [0.05, 0.1) is 0 Å². The summed E-state index contributed by atoms with van der Waals surface area (Å²) in [5.41, 5.74) is 0. The number of hydrogen-bond acceptors (Lipinski definition) is 0. The molecule has 1 atom stereocenters. The number of terminal acetylenes is 1. The van der Waals surface area contributed by atoms with Gasteiger partial charge in [0, 0.05) is 7.26 Å². The highest BCUT2D eigenvalue weighted by molar-refractivity contribution is 4.90. The summed E-state index contributed by atoms with van der Waals surface area (Å²) in [5, 5.41) is 0. The predicted molar refractivity (Wildman–Crippen MR) is 37.5 cm³/mol. The molecule has 0 radical (unpaired) electrons. The molecule has 0 saturated heterocycles. The van der Waals surface area contributed by atoms with Gasteiger partial charge >= 0.3 is 0 Å². The van der Waals surface area contributed by atoms with Crippen LogP contribution < -0.4 is 0 Å². The maximum absolute atomic E-state index is 7.47. The van der Waals surface area contributed by atoms with Crippen LogP contribution in [0.15, 0.2) is 0 Å². The van der Waals surface area contributed by atoms with Gasteiger partial charge in [-0.2, -0.15) is 0 Å². The smallest absolute Gasteiger partial charge is 0.0436 e. The Labute approximate surface area is 53.7 Å². The summed E-state index contributed by atoms with van der Waals surface area (Å²) in [5.74, 6) is 2.30. The summed E-state index contributed by atoms with van der Waals surface area (Å²) in [6.45, 7) is 5.92. The SMILES string of the molecule is [2H]C(C)(C#C)CC(C)C. The van der Waals surface area contributed by atoms with Crippen molar-refractivity contribution in [2.24, 2.45) is 11.8 Å². The van der Waals surface area contributed by atoms with Gasteiger partial charge < -0.3 is 0 Å². The van der Waals surface area contributed by atoms with Gasteiger partial charge in [0.25, 0.3) is 0 Å². The van der Waals surface area contributed by atoms with Crippen molar-refractivity contribution in [3.05, 3.63) is 0 Å². The van der Waals surface area contributed by atoms with Crippen molar-refractivity contribution in [1.82, 2.24) is 0 Å². The van der Waals surface area contributed by atoms with Crippen molar-refractivity contribution < 1.29 is 1.37 Å². The fraction of sp³-hybridized carbons (Fsp3) is 0.750. The monoisotopic (exact) mass is 111 g/mol. The van der Waals surface area contributed by atoms with Gasteiger partial charge in [0.2, 0.25) is 0 Å². The minimum absolute atomic E-state index is 0.517.